The predicted octanol–water partition coefficient (Wildman–Crippen LogP) is 3.08. The number of benzene rings is 1. The number of halogens is 1. The number of hydrogen-bond donors (Lipinski definition) is 2. The van der Waals surface area contributed by atoms with Gasteiger partial charge in [0.15, 0.2) is 0 Å². The first kappa shape index (κ1) is 14.3. The number of ether oxygens (including phenoxy) is 1. The zero-order valence-corrected chi connectivity index (χ0v) is 12.5. The summed E-state index contributed by atoms with van der Waals surface area (Å²) in [5.74, 6) is 0.303. The van der Waals surface area contributed by atoms with E-state index in [1.165, 1.54) is 0 Å². The number of rotatable bonds is 4. The normalized spacial score (nSPS) is 10.1. The molecule has 2 aromatic rings. The van der Waals surface area contributed by atoms with Crippen LogP contribution in [0.15, 0.2) is 41.0 Å². The third-order valence-corrected chi connectivity index (χ3v) is 3.24. The van der Waals surface area contributed by atoms with Crippen LogP contribution in [0.3, 0.4) is 0 Å². The lowest BCUT2D eigenvalue weighted by Gasteiger charge is -2.07. The molecule has 1 aromatic heterocycles. The van der Waals surface area contributed by atoms with E-state index in [0.717, 1.165) is 0 Å². The molecular weight excluding hydrogens is 322 g/mol. The van der Waals surface area contributed by atoms with Gasteiger partial charge in [-0.2, -0.15) is 0 Å². The monoisotopic (exact) mass is 335 g/mol. The minimum absolute atomic E-state index is 0.225. The zero-order chi connectivity index (χ0) is 14.5. The molecule has 2 rings (SSSR count). The molecule has 6 heteroatoms. The van der Waals surface area contributed by atoms with Crippen molar-refractivity contribution in [3.05, 3.63) is 46.6 Å². The Balaban J connectivity index is 2.08. The molecule has 104 valence electrons. The molecule has 1 aromatic carbocycles. The summed E-state index contributed by atoms with van der Waals surface area (Å²) in [6.45, 7) is 2.44. The highest BCUT2D eigenvalue weighted by atomic mass is 79.9. The lowest BCUT2D eigenvalue weighted by atomic mass is 10.2. The first-order chi connectivity index (χ1) is 9.60. The first-order valence-corrected chi connectivity index (χ1v) is 6.84. The molecule has 0 bridgehead atoms. The Morgan fingerprint density at radius 2 is 2.20 bits per heavy atom. The van der Waals surface area contributed by atoms with Gasteiger partial charge in [-0.05, 0) is 47.1 Å². The second-order valence-corrected chi connectivity index (χ2v) is 4.86. The maximum Gasteiger partial charge on any atom is 0.255 e. The van der Waals surface area contributed by atoms with E-state index in [4.69, 9.17) is 10.5 Å². The van der Waals surface area contributed by atoms with Crippen LogP contribution in [0.1, 0.15) is 17.3 Å². The topological polar surface area (TPSA) is 77.2 Å². The fourth-order valence-electron chi connectivity index (χ4n) is 1.56. The number of anilines is 2. The van der Waals surface area contributed by atoms with E-state index in [9.17, 15) is 4.79 Å². The van der Waals surface area contributed by atoms with Gasteiger partial charge in [0.25, 0.3) is 5.91 Å². The van der Waals surface area contributed by atoms with E-state index < -0.39 is 0 Å². The Hall–Kier alpha value is -2.08. The summed E-state index contributed by atoms with van der Waals surface area (Å²) in [5.41, 5.74) is 7.39. The molecule has 0 aliphatic carbocycles. The molecule has 20 heavy (non-hydrogen) atoms. The maximum absolute atomic E-state index is 12.1. The van der Waals surface area contributed by atoms with Crippen LogP contribution >= 0.6 is 15.9 Å². The summed E-state index contributed by atoms with van der Waals surface area (Å²) in [5, 5.41) is 2.76. The van der Waals surface area contributed by atoms with Gasteiger partial charge in [0.2, 0.25) is 5.88 Å². The van der Waals surface area contributed by atoms with Crippen molar-refractivity contribution in [2.24, 2.45) is 0 Å². The van der Waals surface area contributed by atoms with E-state index in [1.807, 2.05) is 6.92 Å². The van der Waals surface area contributed by atoms with Gasteiger partial charge in [-0.15, -0.1) is 0 Å². The fourth-order valence-corrected chi connectivity index (χ4v) is 1.94. The Bertz CT molecular complexity index is 614. The molecule has 3 N–H and O–H groups in total. The summed E-state index contributed by atoms with van der Waals surface area (Å²) >= 11 is 3.29. The van der Waals surface area contributed by atoms with Crippen LogP contribution in [0.2, 0.25) is 0 Å². The molecule has 0 saturated heterocycles. The highest BCUT2D eigenvalue weighted by Gasteiger charge is 2.08. The summed E-state index contributed by atoms with van der Waals surface area (Å²) in [7, 11) is 0. The lowest BCUT2D eigenvalue weighted by molar-refractivity contribution is 0.102. The zero-order valence-electron chi connectivity index (χ0n) is 10.9. The molecule has 0 radical (unpaired) electrons. The van der Waals surface area contributed by atoms with Crippen LogP contribution in [0.25, 0.3) is 0 Å². The predicted molar refractivity (Wildman–Crippen MR) is 81.9 cm³/mol. The van der Waals surface area contributed by atoms with Crippen LogP contribution in [0.5, 0.6) is 5.88 Å². The van der Waals surface area contributed by atoms with E-state index >= 15 is 0 Å². The van der Waals surface area contributed by atoms with Crippen molar-refractivity contribution in [3.63, 3.8) is 0 Å². The highest BCUT2D eigenvalue weighted by molar-refractivity contribution is 9.10. The van der Waals surface area contributed by atoms with Gasteiger partial charge in [0.1, 0.15) is 0 Å². The van der Waals surface area contributed by atoms with Crippen molar-refractivity contribution in [1.82, 2.24) is 4.98 Å². The van der Waals surface area contributed by atoms with E-state index in [2.05, 4.69) is 26.2 Å². The third-order valence-electron chi connectivity index (χ3n) is 2.55. The third kappa shape index (κ3) is 3.48. The second-order valence-electron chi connectivity index (χ2n) is 4.01. The summed E-state index contributed by atoms with van der Waals surface area (Å²) in [6.07, 6.45) is 1.55. The van der Waals surface area contributed by atoms with Crippen molar-refractivity contribution in [1.29, 1.82) is 0 Å². The van der Waals surface area contributed by atoms with Crippen molar-refractivity contribution in [3.8, 4) is 5.88 Å². The molecule has 0 aliphatic heterocycles. The van der Waals surface area contributed by atoms with Gasteiger partial charge in [-0.3, -0.25) is 4.79 Å². The van der Waals surface area contributed by atoms with Gasteiger partial charge in [0.05, 0.1) is 18.5 Å². The number of aromatic nitrogens is 1. The molecule has 5 nitrogen and oxygen atoms in total. The highest BCUT2D eigenvalue weighted by Crippen LogP contribution is 2.21. The number of nitrogen functional groups attached to an aromatic ring is 1. The number of nitrogens with zero attached hydrogens (tertiary/aromatic N) is 1. The molecule has 0 fully saturated rings. The smallest absolute Gasteiger partial charge is 0.255 e. The number of nitrogens with two attached hydrogens (primary N) is 1. The SMILES string of the molecule is CCOc1ccc(NC(=O)c2ccc(N)c(Br)c2)cn1. The summed E-state index contributed by atoms with van der Waals surface area (Å²) < 4.78 is 5.93. The lowest BCUT2D eigenvalue weighted by Crippen LogP contribution is -2.12. The molecular formula is C14H14BrN3O2. The number of nitrogens with one attached hydrogen (secondary N) is 1. The van der Waals surface area contributed by atoms with Crippen molar-refractivity contribution in [2.75, 3.05) is 17.7 Å². The molecule has 0 saturated carbocycles. The molecule has 0 atom stereocenters. The average Bonchev–Trinajstić information content (AvgIpc) is 2.44. The van der Waals surface area contributed by atoms with Gasteiger partial charge in [-0.25, -0.2) is 4.98 Å². The van der Waals surface area contributed by atoms with Gasteiger partial charge < -0.3 is 15.8 Å². The first-order valence-electron chi connectivity index (χ1n) is 6.05. The van der Waals surface area contributed by atoms with E-state index in [-0.39, 0.29) is 5.91 Å². The molecule has 0 spiro atoms. The van der Waals surface area contributed by atoms with E-state index in [0.29, 0.717) is 33.9 Å². The van der Waals surface area contributed by atoms with Crippen LogP contribution in [0.4, 0.5) is 11.4 Å². The molecule has 0 unspecified atom stereocenters. The van der Waals surface area contributed by atoms with Crippen molar-refractivity contribution in [2.45, 2.75) is 6.92 Å². The van der Waals surface area contributed by atoms with E-state index in [1.54, 1.807) is 36.5 Å². The molecule has 1 heterocycles. The minimum Gasteiger partial charge on any atom is -0.478 e. The van der Waals surface area contributed by atoms with Crippen LogP contribution in [-0.4, -0.2) is 17.5 Å². The Kier molecular flexibility index (Phi) is 4.57. The van der Waals surface area contributed by atoms with Gasteiger partial charge >= 0.3 is 0 Å². The standard InChI is InChI=1S/C14H14BrN3O2/c1-2-20-13-6-4-10(8-17-13)18-14(19)9-3-5-12(16)11(15)7-9/h3-8H,2,16H2,1H3,(H,18,19). The van der Waals surface area contributed by atoms with Gasteiger partial charge in [-0.1, -0.05) is 0 Å². The number of carbonyl (C=O) groups is 1. The Labute approximate surface area is 125 Å². The second kappa shape index (κ2) is 6.38. The van der Waals surface area contributed by atoms with Gasteiger partial charge in [0, 0.05) is 21.8 Å². The minimum atomic E-state index is -0.225. The quantitative estimate of drug-likeness (QED) is 0.841. The van der Waals surface area contributed by atoms with Crippen LogP contribution in [0, 0.1) is 0 Å². The molecule has 0 aliphatic rings. The van der Waals surface area contributed by atoms with Crippen molar-refractivity contribution < 1.29 is 9.53 Å². The summed E-state index contributed by atoms with van der Waals surface area (Å²) in [6, 6.07) is 8.46. The van der Waals surface area contributed by atoms with Crippen molar-refractivity contribution >= 4 is 33.2 Å². The number of hydrogen-bond acceptors (Lipinski definition) is 4. The fraction of sp³-hybridized carbons (Fsp3) is 0.143. The molecule has 1 amide bonds. The average molecular weight is 336 g/mol. The number of carbonyl (C=O) groups excluding carboxylic acids is 1. The Morgan fingerprint density at radius 1 is 1.40 bits per heavy atom. The maximum atomic E-state index is 12.1. The number of amides is 1. The Morgan fingerprint density at radius 3 is 2.80 bits per heavy atom. The summed E-state index contributed by atoms with van der Waals surface area (Å²) in [4.78, 5) is 16.1. The van der Waals surface area contributed by atoms with Crippen LogP contribution < -0.4 is 15.8 Å². The largest absolute Gasteiger partial charge is 0.478 e. The van der Waals surface area contributed by atoms with Crippen LogP contribution in [-0.2, 0) is 0 Å². The number of pyridine rings is 1.